The summed E-state index contributed by atoms with van der Waals surface area (Å²) >= 11 is 0. The average molecular weight is 270 g/mol. The summed E-state index contributed by atoms with van der Waals surface area (Å²) in [5.74, 6) is 0.191. The van der Waals surface area contributed by atoms with E-state index in [4.69, 9.17) is 5.11 Å². The van der Waals surface area contributed by atoms with Crippen molar-refractivity contribution in [3.63, 3.8) is 0 Å². The maximum Gasteiger partial charge on any atom is 0.236 e. The van der Waals surface area contributed by atoms with Crippen LogP contribution in [0.15, 0.2) is 0 Å². The molecule has 1 saturated carbocycles. The first-order chi connectivity index (χ1) is 9.27. The molecular weight excluding hydrogens is 240 g/mol. The normalized spacial score (nSPS) is 14.6. The van der Waals surface area contributed by atoms with Crippen LogP contribution in [0.25, 0.3) is 0 Å². The molecule has 112 valence electrons. The van der Waals surface area contributed by atoms with Gasteiger partial charge in [0, 0.05) is 25.7 Å². The lowest BCUT2D eigenvalue weighted by molar-refractivity contribution is -0.130. The van der Waals surface area contributed by atoms with Crippen molar-refractivity contribution in [3.05, 3.63) is 0 Å². The summed E-state index contributed by atoms with van der Waals surface area (Å²) < 4.78 is 0. The number of aliphatic hydroxyl groups excluding tert-OH is 1. The predicted octanol–water partition coefficient (Wildman–Crippen LogP) is 1.92. The molecule has 0 aromatic carbocycles. The Morgan fingerprint density at radius 3 is 2.47 bits per heavy atom. The van der Waals surface area contributed by atoms with Gasteiger partial charge in [-0.2, -0.15) is 0 Å². The molecule has 0 aromatic rings. The molecule has 1 aliphatic rings. The van der Waals surface area contributed by atoms with Crippen molar-refractivity contribution in [1.29, 1.82) is 0 Å². The molecule has 1 rings (SSSR count). The van der Waals surface area contributed by atoms with Gasteiger partial charge >= 0.3 is 0 Å². The van der Waals surface area contributed by atoms with Gasteiger partial charge in [0.2, 0.25) is 5.91 Å². The van der Waals surface area contributed by atoms with E-state index in [0.29, 0.717) is 25.6 Å². The van der Waals surface area contributed by atoms with Crippen molar-refractivity contribution in [3.8, 4) is 0 Å². The summed E-state index contributed by atoms with van der Waals surface area (Å²) in [6, 6.07) is 0.577. The molecule has 1 amide bonds. The van der Waals surface area contributed by atoms with Crippen LogP contribution < -0.4 is 5.32 Å². The summed E-state index contributed by atoms with van der Waals surface area (Å²) in [4.78, 5) is 14.0. The van der Waals surface area contributed by atoms with Gasteiger partial charge in [-0.15, -0.1) is 0 Å². The minimum Gasteiger partial charge on any atom is -0.396 e. The number of amides is 1. The van der Waals surface area contributed by atoms with E-state index < -0.39 is 0 Å². The van der Waals surface area contributed by atoms with Crippen LogP contribution in [0.5, 0.6) is 0 Å². The summed E-state index contributed by atoms with van der Waals surface area (Å²) in [6.07, 6.45) is 9.19. The van der Waals surface area contributed by atoms with Gasteiger partial charge in [-0.05, 0) is 25.7 Å². The standard InChI is InChI=1S/C15H30N2O2/c1-2-3-4-5-6-10-17(11-7-12-18)15(19)13-16-14-8-9-14/h14,16,18H,2-13H2,1H3. The number of rotatable bonds is 12. The summed E-state index contributed by atoms with van der Waals surface area (Å²) in [5.41, 5.74) is 0. The Hall–Kier alpha value is -0.610. The zero-order valence-corrected chi connectivity index (χ0v) is 12.4. The van der Waals surface area contributed by atoms with Gasteiger partial charge in [0.25, 0.3) is 0 Å². The second kappa shape index (κ2) is 10.2. The fourth-order valence-electron chi connectivity index (χ4n) is 2.16. The van der Waals surface area contributed by atoms with E-state index in [1.165, 1.54) is 38.5 Å². The molecule has 1 fully saturated rings. The lowest BCUT2D eigenvalue weighted by Gasteiger charge is -2.22. The Morgan fingerprint density at radius 2 is 1.84 bits per heavy atom. The number of aliphatic hydroxyl groups is 1. The van der Waals surface area contributed by atoms with E-state index in [2.05, 4.69) is 12.2 Å². The third-order valence-corrected chi connectivity index (χ3v) is 3.59. The van der Waals surface area contributed by atoms with Crippen molar-refractivity contribution < 1.29 is 9.90 Å². The Morgan fingerprint density at radius 1 is 1.16 bits per heavy atom. The molecule has 4 nitrogen and oxygen atoms in total. The predicted molar refractivity (Wildman–Crippen MR) is 78.1 cm³/mol. The minimum atomic E-state index is 0.162. The highest BCUT2D eigenvalue weighted by Crippen LogP contribution is 2.18. The summed E-state index contributed by atoms with van der Waals surface area (Å²) in [6.45, 7) is 4.37. The van der Waals surface area contributed by atoms with Crippen molar-refractivity contribution >= 4 is 5.91 Å². The smallest absolute Gasteiger partial charge is 0.236 e. The van der Waals surface area contributed by atoms with Crippen LogP contribution in [0, 0.1) is 0 Å². The van der Waals surface area contributed by atoms with Gasteiger partial charge in [-0.3, -0.25) is 4.79 Å². The van der Waals surface area contributed by atoms with Crippen LogP contribution in [0.3, 0.4) is 0 Å². The van der Waals surface area contributed by atoms with Gasteiger partial charge in [0.05, 0.1) is 6.54 Å². The summed E-state index contributed by atoms with van der Waals surface area (Å²) in [5, 5.41) is 12.2. The molecule has 0 saturated heterocycles. The Labute approximate surface area is 117 Å². The van der Waals surface area contributed by atoms with Crippen molar-refractivity contribution in [2.24, 2.45) is 0 Å². The largest absolute Gasteiger partial charge is 0.396 e. The molecule has 0 unspecified atom stereocenters. The number of nitrogens with zero attached hydrogens (tertiary/aromatic N) is 1. The van der Waals surface area contributed by atoms with E-state index in [1.54, 1.807) is 0 Å². The number of carbonyl (C=O) groups excluding carboxylic acids is 1. The van der Waals surface area contributed by atoms with Gasteiger partial charge in [0.1, 0.15) is 0 Å². The third kappa shape index (κ3) is 8.22. The molecule has 0 atom stereocenters. The zero-order valence-electron chi connectivity index (χ0n) is 12.4. The first kappa shape index (κ1) is 16.4. The Bertz CT molecular complexity index is 242. The highest BCUT2D eigenvalue weighted by Gasteiger charge is 2.22. The van der Waals surface area contributed by atoms with Gasteiger partial charge in [0.15, 0.2) is 0 Å². The molecule has 0 aliphatic heterocycles. The van der Waals surface area contributed by atoms with Crippen molar-refractivity contribution in [2.45, 2.75) is 64.3 Å². The zero-order chi connectivity index (χ0) is 13.9. The Balaban J connectivity index is 2.17. The lowest BCUT2D eigenvalue weighted by Crippen LogP contribution is -2.40. The van der Waals surface area contributed by atoms with Gasteiger partial charge in [-0.1, -0.05) is 32.6 Å². The maximum absolute atomic E-state index is 12.1. The van der Waals surface area contributed by atoms with E-state index in [0.717, 1.165) is 13.0 Å². The fraction of sp³-hybridized carbons (Fsp3) is 0.933. The minimum absolute atomic E-state index is 0.162. The first-order valence-corrected chi connectivity index (χ1v) is 7.90. The lowest BCUT2D eigenvalue weighted by atomic mass is 10.1. The topological polar surface area (TPSA) is 52.6 Å². The molecular formula is C15H30N2O2. The van der Waals surface area contributed by atoms with Crippen LogP contribution in [-0.4, -0.2) is 48.2 Å². The fourth-order valence-corrected chi connectivity index (χ4v) is 2.16. The third-order valence-electron chi connectivity index (χ3n) is 3.59. The number of nitrogens with one attached hydrogen (secondary N) is 1. The second-order valence-corrected chi connectivity index (χ2v) is 5.53. The molecule has 0 radical (unpaired) electrons. The summed E-state index contributed by atoms with van der Waals surface area (Å²) in [7, 11) is 0. The van der Waals surface area contributed by atoms with E-state index in [1.807, 2.05) is 4.90 Å². The van der Waals surface area contributed by atoms with Gasteiger partial charge in [-0.25, -0.2) is 0 Å². The van der Waals surface area contributed by atoms with E-state index >= 15 is 0 Å². The van der Waals surface area contributed by atoms with Crippen LogP contribution in [0.1, 0.15) is 58.3 Å². The van der Waals surface area contributed by atoms with Crippen LogP contribution >= 0.6 is 0 Å². The number of hydrogen-bond acceptors (Lipinski definition) is 3. The van der Waals surface area contributed by atoms with Crippen molar-refractivity contribution in [1.82, 2.24) is 10.2 Å². The highest BCUT2D eigenvalue weighted by atomic mass is 16.3. The van der Waals surface area contributed by atoms with E-state index in [9.17, 15) is 4.79 Å². The highest BCUT2D eigenvalue weighted by molar-refractivity contribution is 5.78. The molecule has 0 aromatic heterocycles. The molecule has 0 heterocycles. The van der Waals surface area contributed by atoms with Crippen LogP contribution in [0.4, 0.5) is 0 Å². The molecule has 0 bridgehead atoms. The number of unbranched alkanes of at least 4 members (excludes halogenated alkanes) is 4. The molecule has 2 N–H and O–H groups in total. The second-order valence-electron chi connectivity index (χ2n) is 5.53. The first-order valence-electron chi connectivity index (χ1n) is 7.90. The molecule has 1 aliphatic carbocycles. The SMILES string of the molecule is CCCCCCCN(CCCO)C(=O)CNC1CC1. The monoisotopic (exact) mass is 270 g/mol. The molecule has 19 heavy (non-hydrogen) atoms. The van der Waals surface area contributed by atoms with Crippen molar-refractivity contribution in [2.75, 3.05) is 26.2 Å². The molecule has 4 heteroatoms. The van der Waals surface area contributed by atoms with Crippen LogP contribution in [0.2, 0.25) is 0 Å². The Kier molecular flexibility index (Phi) is 8.84. The molecule has 0 spiro atoms. The average Bonchev–Trinajstić information content (AvgIpc) is 3.23. The van der Waals surface area contributed by atoms with E-state index in [-0.39, 0.29) is 12.5 Å². The maximum atomic E-state index is 12.1. The quantitative estimate of drug-likeness (QED) is 0.533. The number of hydrogen-bond donors (Lipinski definition) is 2. The number of carbonyl (C=O) groups is 1. The van der Waals surface area contributed by atoms with Gasteiger partial charge < -0.3 is 15.3 Å². The van der Waals surface area contributed by atoms with Crippen LogP contribution in [-0.2, 0) is 4.79 Å².